The van der Waals surface area contributed by atoms with Crippen LogP contribution in [0, 0.1) is 17.6 Å². The second-order valence-corrected chi connectivity index (χ2v) is 9.10. The van der Waals surface area contributed by atoms with Gasteiger partial charge in [0.15, 0.2) is 5.82 Å². The van der Waals surface area contributed by atoms with Crippen LogP contribution in [0.4, 0.5) is 20.3 Å². The summed E-state index contributed by atoms with van der Waals surface area (Å²) < 4.78 is 27.5. The van der Waals surface area contributed by atoms with E-state index in [2.05, 4.69) is 61.2 Å². The first-order valence-corrected chi connectivity index (χ1v) is 11.3. The zero-order valence-electron chi connectivity index (χ0n) is 19.4. The molecule has 1 spiro atoms. The Balaban J connectivity index is 1.65. The number of halogens is 2. The van der Waals surface area contributed by atoms with Gasteiger partial charge in [-0.15, -0.1) is 0 Å². The standard InChI is InChI=1S/C26H32F2N4/c1-6-24-26(11-14-31(15-12-26)17-20-9-10-21(27)16-22(20)28)30(5)23-8-7-13-29-25(23)32(24)19(4)18(2)3/h6-10,13,16,18H,4,11-12,14-15,17H2,1-3,5H3/b24-6-. The van der Waals surface area contributed by atoms with Crippen molar-refractivity contribution in [2.75, 3.05) is 29.9 Å². The van der Waals surface area contributed by atoms with Crippen LogP contribution in [-0.4, -0.2) is 35.6 Å². The van der Waals surface area contributed by atoms with Gasteiger partial charge in [-0.3, -0.25) is 9.80 Å². The third kappa shape index (κ3) is 3.71. The lowest BCUT2D eigenvalue weighted by molar-refractivity contribution is 0.165. The van der Waals surface area contributed by atoms with E-state index in [0.717, 1.165) is 49.2 Å². The summed E-state index contributed by atoms with van der Waals surface area (Å²) in [6, 6.07) is 7.95. The van der Waals surface area contributed by atoms with Gasteiger partial charge >= 0.3 is 0 Å². The fourth-order valence-electron chi connectivity index (χ4n) is 5.06. The van der Waals surface area contributed by atoms with E-state index >= 15 is 0 Å². The summed E-state index contributed by atoms with van der Waals surface area (Å²) in [5.74, 6) is 0.182. The first-order valence-electron chi connectivity index (χ1n) is 11.3. The number of piperidine rings is 1. The largest absolute Gasteiger partial charge is 0.360 e. The van der Waals surface area contributed by atoms with Crippen molar-refractivity contribution in [1.29, 1.82) is 0 Å². The molecule has 0 N–H and O–H groups in total. The van der Waals surface area contributed by atoms with Crippen LogP contribution in [0.2, 0.25) is 0 Å². The Morgan fingerprint density at radius 3 is 2.56 bits per heavy atom. The molecule has 1 fully saturated rings. The molecular weight excluding hydrogens is 406 g/mol. The van der Waals surface area contributed by atoms with E-state index in [1.807, 2.05) is 12.3 Å². The highest BCUT2D eigenvalue weighted by Gasteiger charge is 2.48. The predicted octanol–water partition coefficient (Wildman–Crippen LogP) is 5.72. The second kappa shape index (κ2) is 8.66. The van der Waals surface area contributed by atoms with Crippen LogP contribution < -0.4 is 9.80 Å². The number of aromatic nitrogens is 1. The highest BCUT2D eigenvalue weighted by molar-refractivity contribution is 5.78. The van der Waals surface area contributed by atoms with E-state index < -0.39 is 11.6 Å². The van der Waals surface area contributed by atoms with Crippen LogP contribution in [0.25, 0.3) is 0 Å². The minimum atomic E-state index is -0.539. The molecule has 1 saturated heterocycles. The lowest BCUT2D eigenvalue weighted by atomic mass is 9.79. The summed E-state index contributed by atoms with van der Waals surface area (Å²) in [5.41, 5.74) is 3.67. The predicted molar refractivity (Wildman–Crippen MR) is 126 cm³/mol. The number of fused-ring (bicyclic) bond motifs is 1. The van der Waals surface area contributed by atoms with Crippen molar-refractivity contribution in [2.24, 2.45) is 5.92 Å². The Labute approximate surface area is 189 Å². The number of anilines is 2. The van der Waals surface area contributed by atoms with Crippen molar-refractivity contribution >= 4 is 11.5 Å². The number of rotatable bonds is 4. The normalized spacial score (nSPS) is 19.7. The number of likely N-dealkylation sites (tertiary alicyclic amines) is 1. The SMILES string of the molecule is C=C(C(C)C)N1/C(=C\C)C2(CCN(Cc3ccc(F)cc3F)CC2)N(C)c2cccnc21. The highest BCUT2D eigenvalue weighted by Crippen LogP contribution is 2.49. The average Bonchev–Trinajstić information content (AvgIpc) is 2.78. The summed E-state index contributed by atoms with van der Waals surface area (Å²) in [4.78, 5) is 11.6. The van der Waals surface area contributed by atoms with Crippen molar-refractivity contribution in [3.05, 3.63) is 77.8 Å². The van der Waals surface area contributed by atoms with Crippen molar-refractivity contribution in [3.8, 4) is 0 Å². The molecule has 4 rings (SSSR count). The van der Waals surface area contributed by atoms with Crippen LogP contribution >= 0.6 is 0 Å². The van der Waals surface area contributed by atoms with Gasteiger partial charge in [0.2, 0.25) is 0 Å². The third-order valence-corrected chi connectivity index (χ3v) is 7.02. The van der Waals surface area contributed by atoms with Gasteiger partial charge < -0.3 is 4.90 Å². The highest BCUT2D eigenvalue weighted by atomic mass is 19.1. The smallest absolute Gasteiger partial charge is 0.160 e. The molecule has 1 aromatic heterocycles. The average molecular weight is 439 g/mol. The third-order valence-electron chi connectivity index (χ3n) is 7.02. The summed E-state index contributed by atoms with van der Waals surface area (Å²) in [6.45, 7) is 12.9. The maximum Gasteiger partial charge on any atom is 0.160 e. The van der Waals surface area contributed by atoms with E-state index in [1.165, 1.54) is 11.8 Å². The van der Waals surface area contributed by atoms with Gasteiger partial charge in [0.1, 0.15) is 11.6 Å². The molecule has 0 atom stereocenters. The molecule has 2 aliphatic rings. The molecule has 3 heterocycles. The van der Waals surface area contributed by atoms with Crippen LogP contribution in [0.15, 0.2) is 60.6 Å². The molecule has 0 unspecified atom stereocenters. The Morgan fingerprint density at radius 1 is 1.22 bits per heavy atom. The summed E-state index contributed by atoms with van der Waals surface area (Å²) >= 11 is 0. The maximum atomic E-state index is 14.2. The number of hydrogen-bond donors (Lipinski definition) is 0. The number of hydrogen-bond acceptors (Lipinski definition) is 4. The molecule has 0 radical (unpaired) electrons. The zero-order valence-corrected chi connectivity index (χ0v) is 19.4. The molecule has 2 aromatic rings. The molecule has 0 bridgehead atoms. The Morgan fingerprint density at radius 2 is 1.94 bits per heavy atom. The Bertz CT molecular complexity index is 1040. The molecule has 4 nitrogen and oxygen atoms in total. The van der Waals surface area contributed by atoms with Gasteiger partial charge in [-0.2, -0.15) is 0 Å². The fraction of sp³-hybridized carbons (Fsp3) is 0.423. The van der Waals surface area contributed by atoms with Gasteiger partial charge in [-0.05, 0) is 43.9 Å². The summed E-state index contributed by atoms with van der Waals surface area (Å²) in [5, 5.41) is 0. The minimum Gasteiger partial charge on any atom is -0.360 e. The Kier molecular flexibility index (Phi) is 6.08. The molecule has 32 heavy (non-hydrogen) atoms. The van der Waals surface area contributed by atoms with E-state index in [9.17, 15) is 8.78 Å². The van der Waals surface area contributed by atoms with E-state index in [4.69, 9.17) is 4.98 Å². The van der Waals surface area contributed by atoms with Crippen molar-refractivity contribution in [2.45, 2.75) is 45.7 Å². The molecule has 0 aliphatic carbocycles. The maximum absolute atomic E-state index is 14.2. The molecule has 1 aromatic carbocycles. The van der Waals surface area contributed by atoms with E-state index in [0.29, 0.717) is 12.1 Å². The monoisotopic (exact) mass is 438 g/mol. The van der Waals surface area contributed by atoms with Crippen molar-refractivity contribution in [3.63, 3.8) is 0 Å². The topological polar surface area (TPSA) is 22.6 Å². The van der Waals surface area contributed by atoms with Crippen LogP contribution in [0.5, 0.6) is 0 Å². The molecular formula is C26H32F2N4. The number of pyridine rings is 1. The first kappa shape index (κ1) is 22.5. The lowest BCUT2D eigenvalue weighted by Gasteiger charge is -2.56. The molecule has 2 aliphatic heterocycles. The molecule has 6 heteroatoms. The van der Waals surface area contributed by atoms with Gasteiger partial charge in [0.05, 0.1) is 11.2 Å². The van der Waals surface area contributed by atoms with Gasteiger partial charge in [-0.1, -0.05) is 32.6 Å². The summed E-state index contributed by atoms with van der Waals surface area (Å²) in [6.07, 6.45) is 5.81. The number of nitrogens with zero attached hydrogens (tertiary/aromatic N) is 4. The quantitative estimate of drug-likeness (QED) is 0.609. The molecule has 0 saturated carbocycles. The molecule has 0 amide bonds. The summed E-state index contributed by atoms with van der Waals surface area (Å²) in [7, 11) is 2.15. The van der Waals surface area contributed by atoms with Crippen molar-refractivity contribution < 1.29 is 8.78 Å². The fourth-order valence-corrected chi connectivity index (χ4v) is 5.06. The van der Waals surface area contributed by atoms with Gasteiger partial charge in [0, 0.05) is 55.9 Å². The first-order chi connectivity index (χ1) is 15.3. The van der Waals surface area contributed by atoms with E-state index in [-0.39, 0.29) is 11.5 Å². The number of likely N-dealkylation sites (N-methyl/N-ethyl adjacent to an activating group) is 1. The van der Waals surface area contributed by atoms with Gasteiger partial charge in [-0.25, -0.2) is 13.8 Å². The number of benzene rings is 1. The van der Waals surface area contributed by atoms with Gasteiger partial charge in [0.25, 0.3) is 0 Å². The zero-order chi connectivity index (χ0) is 23.0. The lowest BCUT2D eigenvalue weighted by Crippen LogP contribution is -2.61. The molecule has 170 valence electrons. The number of allylic oxidation sites excluding steroid dienone is 2. The van der Waals surface area contributed by atoms with Crippen molar-refractivity contribution in [1.82, 2.24) is 9.88 Å². The van der Waals surface area contributed by atoms with Crippen LogP contribution in [0.1, 0.15) is 39.2 Å². The van der Waals surface area contributed by atoms with Crippen LogP contribution in [-0.2, 0) is 6.54 Å². The van der Waals surface area contributed by atoms with E-state index in [1.54, 1.807) is 6.07 Å². The van der Waals surface area contributed by atoms with Crippen LogP contribution in [0.3, 0.4) is 0 Å². The Hall–Kier alpha value is -2.73. The second-order valence-electron chi connectivity index (χ2n) is 9.10. The minimum absolute atomic E-state index is 0.194.